The van der Waals surface area contributed by atoms with Gasteiger partial charge in [-0.05, 0) is 49.9 Å². The lowest BCUT2D eigenvalue weighted by Gasteiger charge is -2.40. The number of hydrogen-bond donors (Lipinski definition) is 2. The van der Waals surface area contributed by atoms with Gasteiger partial charge < -0.3 is 20.7 Å². The first kappa shape index (κ1) is 18.9. The van der Waals surface area contributed by atoms with Crippen molar-refractivity contribution in [3.8, 4) is 0 Å². The first-order valence-corrected chi connectivity index (χ1v) is 9.90. The number of anilines is 2. The standard InChI is InChI=1S/C20H26N4O4/c21-19(26)18(24(16-8-9-16)15-2-1-3-15)20(27)22-13-4-6-14(7-5-13)23-10-11-28-12-17(23)25/h4-7,15-16,18H,1-3,8-12H2,(H2,21,26)(H,22,27)/t18-/m0/s1. The summed E-state index contributed by atoms with van der Waals surface area (Å²) < 4.78 is 5.14. The Hall–Kier alpha value is -2.45. The van der Waals surface area contributed by atoms with E-state index < -0.39 is 11.9 Å². The summed E-state index contributed by atoms with van der Waals surface area (Å²) in [7, 11) is 0. The first-order valence-electron chi connectivity index (χ1n) is 9.90. The van der Waals surface area contributed by atoms with E-state index in [-0.39, 0.29) is 30.5 Å². The van der Waals surface area contributed by atoms with E-state index in [9.17, 15) is 14.4 Å². The van der Waals surface area contributed by atoms with Gasteiger partial charge >= 0.3 is 0 Å². The second-order valence-corrected chi connectivity index (χ2v) is 7.70. The SMILES string of the molecule is NC(=O)[C@@H](C(=O)Nc1ccc(N2CCOCC2=O)cc1)N(C1CCC1)C1CC1. The average Bonchev–Trinajstić information content (AvgIpc) is 3.45. The third-order valence-electron chi connectivity index (χ3n) is 5.71. The summed E-state index contributed by atoms with van der Waals surface area (Å²) in [6, 6.07) is 6.63. The number of nitrogens with two attached hydrogens (primary N) is 1. The number of benzene rings is 1. The number of primary amides is 1. The van der Waals surface area contributed by atoms with Crippen LogP contribution in [0.15, 0.2) is 24.3 Å². The molecule has 3 aliphatic rings. The van der Waals surface area contributed by atoms with Crippen molar-refractivity contribution in [2.24, 2.45) is 5.73 Å². The Balaban J connectivity index is 1.45. The second-order valence-electron chi connectivity index (χ2n) is 7.70. The normalized spacial score (nSPS) is 21.3. The predicted molar refractivity (Wildman–Crippen MR) is 104 cm³/mol. The van der Waals surface area contributed by atoms with Crippen LogP contribution in [0.3, 0.4) is 0 Å². The van der Waals surface area contributed by atoms with E-state index in [2.05, 4.69) is 5.32 Å². The van der Waals surface area contributed by atoms with E-state index in [1.54, 1.807) is 29.2 Å². The Morgan fingerprint density at radius 3 is 2.36 bits per heavy atom. The lowest BCUT2D eigenvalue weighted by atomic mass is 9.89. The topological polar surface area (TPSA) is 105 Å². The van der Waals surface area contributed by atoms with Crippen molar-refractivity contribution in [1.29, 1.82) is 0 Å². The molecule has 1 aromatic rings. The fourth-order valence-corrected chi connectivity index (χ4v) is 3.92. The molecular formula is C20H26N4O4. The highest BCUT2D eigenvalue weighted by molar-refractivity contribution is 6.09. The lowest BCUT2D eigenvalue weighted by molar-refractivity contribution is -0.135. The van der Waals surface area contributed by atoms with Crippen LogP contribution < -0.4 is 16.0 Å². The van der Waals surface area contributed by atoms with Gasteiger partial charge in [0.2, 0.25) is 5.91 Å². The maximum Gasteiger partial charge on any atom is 0.253 e. The van der Waals surface area contributed by atoms with Crippen LogP contribution >= 0.6 is 0 Å². The van der Waals surface area contributed by atoms with Crippen LogP contribution in [0.5, 0.6) is 0 Å². The van der Waals surface area contributed by atoms with Gasteiger partial charge in [0.25, 0.3) is 11.8 Å². The van der Waals surface area contributed by atoms with E-state index in [1.807, 2.05) is 4.90 Å². The van der Waals surface area contributed by atoms with Gasteiger partial charge in [0.05, 0.1) is 6.61 Å². The molecule has 3 amide bonds. The van der Waals surface area contributed by atoms with Crippen LogP contribution in [0.1, 0.15) is 32.1 Å². The monoisotopic (exact) mass is 386 g/mol. The average molecular weight is 386 g/mol. The largest absolute Gasteiger partial charge is 0.370 e. The summed E-state index contributed by atoms with van der Waals surface area (Å²) >= 11 is 0. The van der Waals surface area contributed by atoms with Gasteiger partial charge in [0.15, 0.2) is 6.04 Å². The molecule has 3 N–H and O–H groups in total. The molecule has 0 bridgehead atoms. The van der Waals surface area contributed by atoms with Gasteiger partial charge in [-0.1, -0.05) is 6.42 Å². The van der Waals surface area contributed by atoms with Crippen LogP contribution in [-0.2, 0) is 19.1 Å². The van der Waals surface area contributed by atoms with Crippen LogP contribution in [0.4, 0.5) is 11.4 Å². The fourth-order valence-electron chi connectivity index (χ4n) is 3.92. The van der Waals surface area contributed by atoms with Gasteiger partial charge in [-0.3, -0.25) is 19.3 Å². The van der Waals surface area contributed by atoms with Gasteiger partial charge in [0, 0.05) is 30.0 Å². The number of morpholine rings is 1. The Morgan fingerprint density at radius 2 is 1.82 bits per heavy atom. The number of hydrogen-bond acceptors (Lipinski definition) is 5. The molecule has 0 unspecified atom stereocenters. The third kappa shape index (κ3) is 3.88. The molecule has 2 aliphatic carbocycles. The molecule has 1 heterocycles. The molecule has 4 rings (SSSR count). The number of ether oxygens (including phenoxy) is 1. The summed E-state index contributed by atoms with van der Waals surface area (Å²) in [5.41, 5.74) is 6.94. The Bertz CT molecular complexity index is 758. The number of nitrogens with zero attached hydrogens (tertiary/aromatic N) is 2. The molecule has 0 radical (unpaired) electrons. The minimum atomic E-state index is -0.946. The van der Waals surface area contributed by atoms with Crippen molar-refractivity contribution in [2.45, 2.75) is 50.2 Å². The zero-order valence-corrected chi connectivity index (χ0v) is 15.8. The van der Waals surface area contributed by atoms with Crippen molar-refractivity contribution >= 4 is 29.1 Å². The number of rotatable bonds is 7. The number of amides is 3. The van der Waals surface area contributed by atoms with E-state index in [1.165, 1.54) is 0 Å². The third-order valence-corrected chi connectivity index (χ3v) is 5.71. The second kappa shape index (κ2) is 7.89. The molecule has 0 spiro atoms. The zero-order valence-electron chi connectivity index (χ0n) is 15.8. The van der Waals surface area contributed by atoms with E-state index in [0.717, 1.165) is 37.8 Å². The van der Waals surface area contributed by atoms with Crippen LogP contribution in [0, 0.1) is 0 Å². The Morgan fingerprint density at radius 1 is 1.14 bits per heavy atom. The highest BCUT2D eigenvalue weighted by Crippen LogP contribution is 2.37. The zero-order chi connectivity index (χ0) is 19.7. The molecule has 8 nitrogen and oxygen atoms in total. The van der Waals surface area contributed by atoms with Crippen LogP contribution in [-0.4, -0.2) is 60.5 Å². The molecule has 8 heteroatoms. The molecule has 2 saturated carbocycles. The van der Waals surface area contributed by atoms with Crippen molar-refractivity contribution in [3.05, 3.63) is 24.3 Å². The molecular weight excluding hydrogens is 360 g/mol. The van der Waals surface area contributed by atoms with E-state index in [0.29, 0.717) is 18.8 Å². The van der Waals surface area contributed by atoms with Crippen LogP contribution in [0.25, 0.3) is 0 Å². The summed E-state index contributed by atoms with van der Waals surface area (Å²) in [6.07, 6.45) is 5.17. The minimum Gasteiger partial charge on any atom is -0.370 e. The highest BCUT2D eigenvalue weighted by atomic mass is 16.5. The summed E-state index contributed by atoms with van der Waals surface area (Å²) in [4.78, 5) is 40.6. The number of nitrogens with one attached hydrogen (secondary N) is 1. The highest BCUT2D eigenvalue weighted by Gasteiger charge is 2.45. The van der Waals surface area contributed by atoms with Crippen molar-refractivity contribution < 1.29 is 19.1 Å². The maximum absolute atomic E-state index is 12.9. The fraction of sp³-hybridized carbons (Fsp3) is 0.550. The smallest absolute Gasteiger partial charge is 0.253 e. The van der Waals surface area contributed by atoms with Gasteiger partial charge in [-0.15, -0.1) is 0 Å². The van der Waals surface area contributed by atoms with Crippen molar-refractivity contribution in [1.82, 2.24) is 4.90 Å². The first-order chi connectivity index (χ1) is 13.5. The van der Waals surface area contributed by atoms with Crippen molar-refractivity contribution in [2.75, 3.05) is 30.0 Å². The molecule has 28 heavy (non-hydrogen) atoms. The Labute approximate surface area is 164 Å². The summed E-state index contributed by atoms with van der Waals surface area (Å²) in [5.74, 6) is -1.08. The minimum absolute atomic E-state index is 0.0803. The van der Waals surface area contributed by atoms with Crippen LogP contribution in [0.2, 0.25) is 0 Å². The predicted octanol–water partition coefficient (Wildman–Crippen LogP) is 0.859. The molecule has 150 valence electrons. The molecule has 1 atom stereocenters. The van der Waals surface area contributed by atoms with E-state index >= 15 is 0 Å². The molecule has 1 saturated heterocycles. The van der Waals surface area contributed by atoms with E-state index in [4.69, 9.17) is 10.5 Å². The van der Waals surface area contributed by atoms with Gasteiger partial charge in [-0.2, -0.15) is 0 Å². The Kier molecular flexibility index (Phi) is 5.32. The molecule has 1 aromatic carbocycles. The maximum atomic E-state index is 12.9. The number of carbonyl (C=O) groups is 3. The quantitative estimate of drug-likeness (QED) is 0.676. The van der Waals surface area contributed by atoms with Gasteiger partial charge in [-0.25, -0.2) is 0 Å². The number of carbonyl (C=O) groups excluding carboxylic acids is 3. The van der Waals surface area contributed by atoms with Gasteiger partial charge in [0.1, 0.15) is 6.61 Å². The van der Waals surface area contributed by atoms with Crippen molar-refractivity contribution in [3.63, 3.8) is 0 Å². The summed E-state index contributed by atoms with van der Waals surface area (Å²) in [6.45, 7) is 1.09. The molecule has 0 aromatic heterocycles. The lowest BCUT2D eigenvalue weighted by Crippen LogP contribution is -2.58. The molecule has 3 fully saturated rings. The summed E-state index contributed by atoms with van der Waals surface area (Å²) in [5, 5.41) is 2.82. The molecule has 1 aliphatic heterocycles.